The fourth-order valence-corrected chi connectivity index (χ4v) is 1.74. The highest BCUT2D eigenvalue weighted by Crippen LogP contribution is 2.16. The molecule has 0 saturated carbocycles. The van der Waals surface area contributed by atoms with Crippen LogP contribution in [0, 0.1) is 0 Å². The fraction of sp³-hybridized carbons (Fsp3) is 0.125. The van der Waals surface area contributed by atoms with Crippen molar-refractivity contribution >= 4 is 12.4 Å². The van der Waals surface area contributed by atoms with Gasteiger partial charge in [0, 0.05) is 11.1 Å². The molecule has 102 valence electrons. The Kier molecular flexibility index (Phi) is 4.89. The standard InChI is InChI=1S/C16H16N2O2/c1-19-15-9-5-3-7-13(15)11-17-18-12-14-8-4-6-10-16(14)20-2/h3-12H,1-2H3. The highest BCUT2D eigenvalue weighted by atomic mass is 16.5. The summed E-state index contributed by atoms with van der Waals surface area (Å²) in [6, 6.07) is 15.3. The van der Waals surface area contributed by atoms with Crippen molar-refractivity contribution in [1.29, 1.82) is 0 Å². The predicted octanol–water partition coefficient (Wildman–Crippen LogP) is 3.16. The lowest BCUT2D eigenvalue weighted by molar-refractivity contribution is 0.414. The molecule has 0 unspecified atom stereocenters. The molecule has 0 fully saturated rings. The van der Waals surface area contributed by atoms with Crippen LogP contribution in [0.3, 0.4) is 0 Å². The Morgan fingerprint density at radius 2 is 1.10 bits per heavy atom. The first-order chi connectivity index (χ1) is 9.85. The molecule has 0 saturated heterocycles. The highest BCUT2D eigenvalue weighted by molar-refractivity contribution is 5.86. The summed E-state index contributed by atoms with van der Waals surface area (Å²) in [6.45, 7) is 0. The fourth-order valence-electron chi connectivity index (χ4n) is 1.74. The second kappa shape index (κ2) is 7.09. The van der Waals surface area contributed by atoms with Gasteiger partial charge in [-0.1, -0.05) is 24.3 Å². The van der Waals surface area contributed by atoms with Gasteiger partial charge in [0.05, 0.1) is 26.6 Å². The molecule has 2 aromatic rings. The van der Waals surface area contributed by atoms with Gasteiger partial charge in [0.2, 0.25) is 0 Å². The lowest BCUT2D eigenvalue weighted by atomic mass is 10.2. The molecule has 0 radical (unpaired) electrons. The zero-order chi connectivity index (χ0) is 14.2. The normalized spacial score (nSPS) is 11.1. The maximum atomic E-state index is 5.23. The zero-order valence-corrected chi connectivity index (χ0v) is 11.5. The summed E-state index contributed by atoms with van der Waals surface area (Å²) in [4.78, 5) is 0. The van der Waals surface area contributed by atoms with E-state index in [0.29, 0.717) is 0 Å². The molecule has 0 bridgehead atoms. The van der Waals surface area contributed by atoms with Crippen molar-refractivity contribution < 1.29 is 9.47 Å². The number of rotatable bonds is 5. The third-order valence-corrected chi connectivity index (χ3v) is 2.74. The molecule has 0 aliphatic heterocycles. The average molecular weight is 268 g/mol. The van der Waals surface area contributed by atoms with Gasteiger partial charge in [-0.3, -0.25) is 0 Å². The Bertz CT molecular complexity index is 566. The van der Waals surface area contributed by atoms with Gasteiger partial charge in [-0.2, -0.15) is 10.2 Å². The molecule has 0 amide bonds. The molecule has 0 atom stereocenters. The van der Waals surface area contributed by atoms with Gasteiger partial charge < -0.3 is 9.47 Å². The molecule has 4 heteroatoms. The lowest BCUT2D eigenvalue weighted by Gasteiger charge is -2.02. The molecular formula is C16H16N2O2. The van der Waals surface area contributed by atoms with E-state index in [1.165, 1.54) is 0 Å². The van der Waals surface area contributed by atoms with Gasteiger partial charge in [-0.05, 0) is 24.3 Å². The van der Waals surface area contributed by atoms with Crippen LogP contribution in [0.25, 0.3) is 0 Å². The van der Waals surface area contributed by atoms with E-state index >= 15 is 0 Å². The molecular weight excluding hydrogens is 252 g/mol. The summed E-state index contributed by atoms with van der Waals surface area (Å²) in [5.41, 5.74) is 1.76. The Hall–Kier alpha value is -2.62. The molecule has 2 rings (SSSR count). The van der Waals surface area contributed by atoms with E-state index in [0.717, 1.165) is 22.6 Å². The van der Waals surface area contributed by atoms with E-state index in [1.807, 2.05) is 48.5 Å². The molecule has 0 aliphatic rings. The number of nitrogens with zero attached hydrogens (tertiary/aromatic N) is 2. The van der Waals surface area contributed by atoms with Crippen LogP contribution in [0.2, 0.25) is 0 Å². The first-order valence-electron chi connectivity index (χ1n) is 6.17. The van der Waals surface area contributed by atoms with Crippen LogP contribution in [0.4, 0.5) is 0 Å². The van der Waals surface area contributed by atoms with Gasteiger partial charge in [-0.15, -0.1) is 0 Å². The van der Waals surface area contributed by atoms with E-state index in [1.54, 1.807) is 26.6 Å². The van der Waals surface area contributed by atoms with Crippen LogP contribution in [0.1, 0.15) is 11.1 Å². The minimum atomic E-state index is 0.767. The van der Waals surface area contributed by atoms with E-state index < -0.39 is 0 Å². The van der Waals surface area contributed by atoms with E-state index in [9.17, 15) is 0 Å². The molecule has 20 heavy (non-hydrogen) atoms. The van der Waals surface area contributed by atoms with Crippen LogP contribution in [-0.2, 0) is 0 Å². The van der Waals surface area contributed by atoms with Crippen molar-refractivity contribution in [3.05, 3.63) is 59.7 Å². The van der Waals surface area contributed by atoms with Gasteiger partial charge >= 0.3 is 0 Å². The Balaban J connectivity index is 2.11. The van der Waals surface area contributed by atoms with Crippen LogP contribution in [-0.4, -0.2) is 26.6 Å². The van der Waals surface area contributed by atoms with E-state index in [-0.39, 0.29) is 0 Å². The monoisotopic (exact) mass is 268 g/mol. The SMILES string of the molecule is COc1ccccc1C=NN=Cc1ccccc1OC. The minimum absolute atomic E-state index is 0.767. The molecule has 0 N–H and O–H groups in total. The van der Waals surface area contributed by atoms with E-state index in [4.69, 9.17) is 9.47 Å². The number of para-hydroxylation sites is 2. The van der Waals surface area contributed by atoms with Crippen molar-refractivity contribution in [3.8, 4) is 11.5 Å². The summed E-state index contributed by atoms with van der Waals surface area (Å²) in [7, 11) is 3.26. The van der Waals surface area contributed by atoms with Crippen molar-refractivity contribution in [2.45, 2.75) is 0 Å². The second-order valence-corrected chi connectivity index (χ2v) is 3.97. The average Bonchev–Trinajstić information content (AvgIpc) is 2.52. The quantitative estimate of drug-likeness (QED) is 0.617. The topological polar surface area (TPSA) is 43.2 Å². The summed E-state index contributed by atoms with van der Waals surface area (Å²) in [5.74, 6) is 1.53. The Morgan fingerprint density at radius 1 is 0.700 bits per heavy atom. The van der Waals surface area contributed by atoms with Crippen molar-refractivity contribution in [2.24, 2.45) is 10.2 Å². The highest BCUT2D eigenvalue weighted by Gasteiger charge is 1.98. The summed E-state index contributed by atoms with van der Waals surface area (Å²) < 4.78 is 10.5. The van der Waals surface area contributed by atoms with Gasteiger partial charge in [0.25, 0.3) is 0 Å². The molecule has 4 nitrogen and oxygen atoms in total. The number of benzene rings is 2. The number of hydrogen-bond donors (Lipinski definition) is 0. The molecule has 2 aromatic carbocycles. The third kappa shape index (κ3) is 3.45. The maximum absolute atomic E-state index is 5.23. The number of hydrogen-bond acceptors (Lipinski definition) is 4. The van der Waals surface area contributed by atoms with Gasteiger partial charge in [0.1, 0.15) is 11.5 Å². The Labute approximate surface area is 118 Å². The van der Waals surface area contributed by atoms with Crippen LogP contribution in [0.15, 0.2) is 58.7 Å². The second-order valence-electron chi connectivity index (χ2n) is 3.97. The Morgan fingerprint density at radius 3 is 1.50 bits per heavy atom. The van der Waals surface area contributed by atoms with E-state index in [2.05, 4.69) is 10.2 Å². The molecule has 0 aliphatic carbocycles. The summed E-state index contributed by atoms with van der Waals surface area (Å²) >= 11 is 0. The minimum Gasteiger partial charge on any atom is -0.496 e. The van der Waals surface area contributed by atoms with Crippen LogP contribution < -0.4 is 9.47 Å². The first kappa shape index (κ1) is 13.8. The molecule has 0 heterocycles. The van der Waals surface area contributed by atoms with Crippen molar-refractivity contribution in [1.82, 2.24) is 0 Å². The van der Waals surface area contributed by atoms with Crippen molar-refractivity contribution in [2.75, 3.05) is 14.2 Å². The van der Waals surface area contributed by atoms with Gasteiger partial charge in [-0.25, -0.2) is 0 Å². The number of ether oxygens (including phenoxy) is 2. The predicted molar refractivity (Wildman–Crippen MR) is 81.2 cm³/mol. The smallest absolute Gasteiger partial charge is 0.127 e. The van der Waals surface area contributed by atoms with Crippen LogP contribution in [0.5, 0.6) is 11.5 Å². The lowest BCUT2D eigenvalue weighted by Crippen LogP contribution is -1.90. The molecule has 0 spiro atoms. The zero-order valence-electron chi connectivity index (χ0n) is 11.5. The van der Waals surface area contributed by atoms with Crippen LogP contribution >= 0.6 is 0 Å². The molecule has 0 aromatic heterocycles. The third-order valence-electron chi connectivity index (χ3n) is 2.74. The largest absolute Gasteiger partial charge is 0.496 e. The summed E-state index contributed by atoms with van der Waals surface area (Å²) in [6.07, 6.45) is 3.31. The first-order valence-corrected chi connectivity index (χ1v) is 6.17. The number of methoxy groups -OCH3 is 2. The summed E-state index contributed by atoms with van der Waals surface area (Å²) in [5, 5.41) is 8.06. The van der Waals surface area contributed by atoms with Crippen molar-refractivity contribution in [3.63, 3.8) is 0 Å². The van der Waals surface area contributed by atoms with Gasteiger partial charge in [0.15, 0.2) is 0 Å². The maximum Gasteiger partial charge on any atom is 0.127 e.